The molecule has 92 valence electrons. The van der Waals surface area contributed by atoms with Gasteiger partial charge in [-0.3, -0.25) is 0 Å². The maximum absolute atomic E-state index is 13.8. The van der Waals surface area contributed by atoms with Crippen molar-refractivity contribution in [3.63, 3.8) is 0 Å². The number of aromatic amines is 1. The maximum Gasteiger partial charge on any atom is 0.128 e. The molecule has 1 heterocycles. The Morgan fingerprint density at radius 3 is 2.53 bits per heavy atom. The third kappa shape index (κ3) is 1.98. The van der Waals surface area contributed by atoms with Crippen LogP contribution in [0.5, 0.6) is 0 Å². The summed E-state index contributed by atoms with van der Waals surface area (Å²) in [5, 5.41) is 10.4. The van der Waals surface area contributed by atoms with Crippen LogP contribution in [0.2, 0.25) is 0 Å². The zero-order valence-corrected chi connectivity index (χ0v) is 10.1. The highest BCUT2D eigenvalue weighted by Crippen LogP contribution is 2.28. The zero-order valence-electron chi connectivity index (χ0n) is 10.1. The molecule has 3 heteroatoms. The molecule has 19 heavy (non-hydrogen) atoms. The van der Waals surface area contributed by atoms with Crippen LogP contribution >= 0.6 is 0 Å². The SMILES string of the molecule is N#CC(c1cc2ccccc2[nH]1)c1ccccc1F. The fraction of sp³-hybridized carbons (Fsp3) is 0.0625. The Bertz CT molecular complexity index is 735. The number of hydrogen-bond acceptors (Lipinski definition) is 1. The molecule has 1 aromatic heterocycles. The standard InChI is InChI=1S/C16H11FN2/c17-14-7-3-2-6-12(14)13(10-18)16-9-11-5-1-4-8-15(11)19-16/h1-9,13,19H. The van der Waals surface area contributed by atoms with Gasteiger partial charge in [-0.25, -0.2) is 4.39 Å². The van der Waals surface area contributed by atoms with Crippen LogP contribution in [0.15, 0.2) is 54.6 Å². The molecule has 0 amide bonds. The van der Waals surface area contributed by atoms with E-state index in [1.54, 1.807) is 18.2 Å². The van der Waals surface area contributed by atoms with Gasteiger partial charge < -0.3 is 4.98 Å². The topological polar surface area (TPSA) is 39.6 Å². The van der Waals surface area contributed by atoms with Crippen molar-refractivity contribution in [1.29, 1.82) is 5.26 Å². The molecule has 0 spiro atoms. The van der Waals surface area contributed by atoms with Crippen LogP contribution in [0.25, 0.3) is 10.9 Å². The number of fused-ring (bicyclic) bond motifs is 1. The Morgan fingerprint density at radius 2 is 1.79 bits per heavy atom. The molecule has 3 aromatic rings. The lowest BCUT2D eigenvalue weighted by atomic mass is 9.97. The molecule has 2 nitrogen and oxygen atoms in total. The smallest absolute Gasteiger partial charge is 0.128 e. The van der Waals surface area contributed by atoms with Gasteiger partial charge in [0.05, 0.1) is 6.07 Å². The third-order valence-electron chi connectivity index (χ3n) is 3.21. The predicted octanol–water partition coefficient (Wildman–Crippen LogP) is 3.96. The van der Waals surface area contributed by atoms with Gasteiger partial charge in [-0.2, -0.15) is 5.26 Å². The van der Waals surface area contributed by atoms with Crippen LogP contribution in [0.1, 0.15) is 17.2 Å². The number of H-pyrrole nitrogens is 1. The molecule has 0 radical (unpaired) electrons. The number of rotatable bonds is 2. The molecule has 1 N–H and O–H groups in total. The first-order chi connectivity index (χ1) is 9.29. The Kier molecular flexibility index (Phi) is 2.77. The van der Waals surface area contributed by atoms with Gasteiger partial charge in [0.1, 0.15) is 11.7 Å². The Labute approximate surface area is 110 Å². The van der Waals surface area contributed by atoms with E-state index in [1.165, 1.54) is 6.07 Å². The first kappa shape index (κ1) is 11.5. The molecular formula is C16H11FN2. The largest absolute Gasteiger partial charge is 0.357 e. The summed E-state index contributed by atoms with van der Waals surface area (Å²) in [6.45, 7) is 0. The molecule has 3 rings (SSSR count). The van der Waals surface area contributed by atoms with Crippen molar-refractivity contribution in [2.75, 3.05) is 0 Å². The Balaban J connectivity index is 2.13. The van der Waals surface area contributed by atoms with Gasteiger partial charge in [0.2, 0.25) is 0 Å². The first-order valence-corrected chi connectivity index (χ1v) is 6.01. The zero-order chi connectivity index (χ0) is 13.2. The molecule has 0 saturated carbocycles. The lowest BCUT2D eigenvalue weighted by molar-refractivity contribution is 0.608. The fourth-order valence-electron chi connectivity index (χ4n) is 2.27. The van der Waals surface area contributed by atoms with Gasteiger partial charge in [-0.15, -0.1) is 0 Å². The summed E-state index contributed by atoms with van der Waals surface area (Å²) in [6, 6.07) is 18.2. The van der Waals surface area contributed by atoms with Crippen molar-refractivity contribution in [3.8, 4) is 6.07 Å². The fourth-order valence-corrected chi connectivity index (χ4v) is 2.27. The molecular weight excluding hydrogens is 239 g/mol. The van der Waals surface area contributed by atoms with Crippen molar-refractivity contribution < 1.29 is 4.39 Å². The third-order valence-corrected chi connectivity index (χ3v) is 3.21. The highest BCUT2D eigenvalue weighted by Gasteiger charge is 2.18. The normalized spacial score (nSPS) is 12.2. The number of nitrogens with one attached hydrogen (secondary N) is 1. The van der Waals surface area contributed by atoms with Crippen LogP contribution in [-0.2, 0) is 0 Å². The van der Waals surface area contributed by atoms with E-state index in [1.807, 2.05) is 30.3 Å². The van der Waals surface area contributed by atoms with Crippen molar-refractivity contribution in [1.82, 2.24) is 4.98 Å². The van der Waals surface area contributed by atoms with Crippen molar-refractivity contribution in [2.24, 2.45) is 0 Å². The van der Waals surface area contributed by atoms with E-state index >= 15 is 0 Å². The van der Waals surface area contributed by atoms with E-state index in [2.05, 4.69) is 11.1 Å². The quantitative estimate of drug-likeness (QED) is 0.734. The average Bonchev–Trinajstić information content (AvgIpc) is 2.85. The first-order valence-electron chi connectivity index (χ1n) is 6.01. The molecule has 0 aliphatic carbocycles. The molecule has 1 atom stereocenters. The highest BCUT2D eigenvalue weighted by molar-refractivity contribution is 5.80. The second kappa shape index (κ2) is 4.58. The van der Waals surface area contributed by atoms with Gasteiger partial charge in [0, 0.05) is 16.8 Å². The Hall–Kier alpha value is -2.60. The maximum atomic E-state index is 13.8. The summed E-state index contributed by atoms with van der Waals surface area (Å²) in [5.41, 5.74) is 2.07. The minimum absolute atomic E-state index is 0.354. The molecule has 0 aliphatic rings. The lowest BCUT2D eigenvalue weighted by Gasteiger charge is -2.08. The second-order valence-electron chi connectivity index (χ2n) is 4.40. The number of nitriles is 1. The predicted molar refractivity (Wildman–Crippen MR) is 72.2 cm³/mol. The molecule has 0 fully saturated rings. The summed E-state index contributed by atoms with van der Waals surface area (Å²) < 4.78 is 13.8. The van der Waals surface area contributed by atoms with Gasteiger partial charge in [-0.05, 0) is 23.6 Å². The summed E-state index contributed by atoms with van der Waals surface area (Å²) in [7, 11) is 0. The Morgan fingerprint density at radius 1 is 1.05 bits per heavy atom. The van der Waals surface area contributed by atoms with Crippen LogP contribution in [0, 0.1) is 17.1 Å². The molecule has 0 saturated heterocycles. The molecule has 2 aromatic carbocycles. The summed E-state index contributed by atoms with van der Waals surface area (Å²) in [6.07, 6.45) is 0. The number of hydrogen-bond donors (Lipinski definition) is 1. The lowest BCUT2D eigenvalue weighted by Crippen LogP contribution is -2.01. The van der Waals surface area contributed by atoms with E-state index in [0.29, 0.717) is 11.3 Å². The van der Waals surface area contributed by atoms with Gasteiger partial charge >= 0.3 is 0 Å². The van der Waals surface area contributed by atoms with E-state index in [9.17, 15) is 9.65 Å². The van der Waals surface area contributed by atoms with Gasteiger partial charge in [-0.1, -0.05) is 36.4 Å². The van der Waals surface area contributed by atoms with Crippen LogP contribution in [0.4, 0.5) is 4.39 Å². The van der Waals surface area contributed by atoms with Crippen LogP contribution in [0.3, 0.4) is 0 Å². The van der Waals surface area contributed by atoms with Crippen LogP contribution in [-0.4, -0.2) is 4.98 Å². The molecule has 0 aliphatic heterocycles. The van der Waals surface area contributed by atoms with E-state index in [-0.39, 0.29) is 5.82 Å². The van der Waals surface area contributed by atoms with Crippen molar-refractivity contribution in [2.45, 2.75) is 5.92 Å². The number of para-hydroxylation sites is 1. The summed E-state index contributed by atoms with van der Waals surface area (Å²) in [5.74, 6) is -0.971. The molecule has 1 unspecified atom stereocenters. The number of halogens is 1. The minimum atomic E-state index is -0.617. The van der Waals surface area contributed by atoms with Crippen LogP contribution < -0.4 is 0 Å². The minimum Gasteiger partial charge on any atom is -0.357 e. The van der Waals surface area contributed by atoms with Crippen molar-refractivity contribution in [3.05, 3.63) is 71.7 Å². The summed E-state index contributed by atoms with van der Waals surface area (Å²) >= 11 is 0. The van der Waals surface area contributed by atoms with Gasteiger partial charge in [0.25, 0.3) is 0 Å². The van der Waals surface area contributed by atoms with E-state index in [0.717, 1.165) is 10.9 Å². The number of aromatic nitrogens is 1. The molecule has 0 bridgehead atoms. The van der Waals surface area contributed by atoms with Gasteiger partial charge in [0.15, 0.2) is 0 Å². The number of nitrogens with zero attached hydrogens (tertiary/aromatic N) is 1. The average molecular weight is 250 g/mol. The highest BCUT2D eigenvalue weighted by atomic mass is 19.1. The monoisotopic (exact) mass is 250 g/mol. The van der Waals surface area contributed by atoms with E-state index in [4.69, 9.17) is 0 Å². The summed E-state index contributed by atoms with van der Waals surface area (Å²) in [4.78, 5) is 3.18. The van der Waals surface area contributed by atoms with Crippen molar-refractivity contribution >= 4 is 10.9 Å². The number of benzene rings is 2. The second-order valence-corrected chi connectivity index (χ2v) is 4.40. The van der Waals surface area contributed by atoms with E-state index < -0.39 is 5.92 Å².